The summed E-state index contributed by atoms with van der Waals surface area (Å²) in [6.45, 7) is 1.70. The van der Waals surface area contributed by atoms with Crippen LogP contribution in [0.4, 0.5) is 8.78 Å². The number of aryl methyl sites for hydroxylation is 1. The van der Waals surface area contributed by atoms with E-state index >= 15 is 0 Å². The number of benzene rings is 2. The van der Waals surface area contributed by atoms with E-state index in [0.29, 0.717) is 28.0 Å². The van der Waals surface area contributed by atoms with Gasteiger partial charge >= 0.3 is 0 Å². The van der Waals surface area contributed by atoms with Crippen LogP contribution in [-0.4, -0.2) is 25.6 Å². The van der Waals surface area contributed by atoms with E-state index in [9.17, 15) is 13.6 Å². The molecular weight excluding hydrogens is 392 g/mol. The standard InChI is InChI=1S/C21H19F2N5O2/c1-12(24)21(13-7-14(22)9-15(23)8-13)30-17-4-5-19-18(10-17)25-26-28(19)16-3-6-20(29)27(2)11-16/h3-12,21H,24H2,1-2H3/t12-,21-/m0/s1. The minimum atomic E-state index is -0.758. The first-order valence-corrected chi connectivity index (χ1v) is 9.22. The van der Waals surface area contributed by atoms with Crippen molar-refractivity contribution in [1.82, 2.24) is 19.6 Å². The monoisotopic (exact) mass is 411 g/mol. The summed E-state index contributed by atoms with van der Waals surface area (Å²) >= 11 is 0. The maximum Gasteiger partial charge on any atom is 0.250 e. The lowest BCUT2D eigenvalue weighted by atomic mass is 10.0. The molecule has 2 aromatic heterocycles. The summed E-state index contributed by atoms with van der Waals surface area (Å²) in [5.74, 6) is -0.966. The predicted octanol–water partition coefficient (Wildman–Crippen LogP) is 2.86. The Balaban J connectivity index is 1.68. The minimum absolute atomic E-state index is 0.130. The zero-order valence-corrected chi connectivity index (χ0v) is 16.3. The molecule has 0 aliphatic rings. The van der Waals surface area contributed by atoms with Crippen LogP contribution in [0.25, 0.3) is 16.7 Å². The summed E-state index contributed by atoms with van der Waals surface area (Å²) < 4.78 is 36.3. The van der Waals surface area contributed by atoms with Gasteiger partial charge in [0.15, 0.2) is 0 Å². The molecule has 0 bridgehead atoms. The second-order valence-electron chi connectivity index (χ2n) is 7.09. The quantitative estimate of drug-likeness (QED) is 0.546. The molecule has 0 radical (unpaired) electrons. The molecule has 2 atom stereocenters. The lowest BCUT2D eigenvalue weighted by molar-refractivity contribution is 0.180. The molecular formula is C21H19F2N5O2. The zero-order chi connectivity index (χ0) is 21.4. The highest BCUT2D eigenvalue weighted by Crippen LogP contribution is 2.28. The average molecular weight is 411 g/mol. The fourth-order valence-electron chi connectivity index (χ4n) is 3.24. The number of rotatable bonds is 5. The van der Waals surface area contributed by atoms with Gasteiger partial charge < -0.3 is 15.0 Å². The number of halogens is 2. The molecule has 0 saturated heterocycles. The zero-order valence-electron chi connectivity index (χ0n) is 16.3. The molecule has 2 N–H and O–H groups in total. The second-order valence-corrected chi connectivity index (χ2v) is 7.09. The van der Waals surface area contributed by atoms with E-state index in [0.717, 1.165) is 6.07 Å². The van der Waals surface area contributed by atoms with Crippen molar-refractivity contribution in [2.75, 3.05) is 0 Å². The fourth-order valence-corrected chi connectivity index (χ4v) is 3.24. The van der Waals surface area contributed by atoms with Gasteiger partial charge in [0.1, 0.15) is 29.0 Å². The molecule has 0 amide bonds. The van der Waals surface area contributed by atoms with Gasteiger partial charge in [0.25, 0.3) is 0 Å². The Morgan fingerprint density at radius 3 is 2.47 bits per heavy atom. The Morgan fingerprint density at radius 2 is 1.80 bits per heavy atom. The highest BCUT2D eigenvalue weighted by atomic mass is 19.1. The molecule has 7 nitrogen and oxygen atoms in total. The molecule has 0 unspecified atom stereocenters. The lowest BCUT2D eigenvalue weighted by Gasteiger charge is -2.23. The van der Waals surface area contributed by atoms with Gasteiger partial charge in [-0.2, -0.15) is 0 Å². The van der Waals surface area contributed by atoms with Crippen molar-refractivity contribution in [3.05, 3.63) is 82.3 Å². The van der Waals surface area contributed by atoms with E-state index in [2.05, 4.69) is 10.3 Å². The van der Waals surface area contributed by atoms with Crippen LogP contribution in [0.1, 0.15) is 18.6 Å². The SMILES string of the molecule is C[C@H](N)[C@H](Oc1ccc2c(c1)nnn2-c1ccc(=O)n(C)c1)c1cc(F)cc(F)c1. The normalized spacial score (nSPS) is 13.4. The van der Waals surface area contributed by atoms with Crippen molar-refractivity contribution < 1.29 is 13.5 Å². The van der Waals surface area contributed by atoms with E-state index in [-0.39, 0.29) is 5.56 Å². The molecule has 2 aromatic carbocycles. The molecule has 0 spiro atoms. The maximum atomic E-state index is 13.6. The van der Waals surface area contributed by atoms with Gasteiger partial charge in [0.05, 0.1) is 11.2 Å². The van der Waals surface area contributed by atoms with Crippen molar-refractivity contribution in [1.29, 1.82) is 0 Å². The van der Waals surface area contributed by atoms with E-state index < -0.39 is 23.8 Å². The maximum absolute atomic E-state index is 13.6. The molecule has 0 saturated carbocycles. The summed E-state index contributed by atoms with van der Waals surface area (Å²) in [6, 6.07) is 10.9. The topological polar surface area (TPSA) is 88.0 Å². The van der Waals surface area contributed by atoms with E-state index in [4.69, 9.17) is 10.5 Å². The second kappa shape index (κ2) is 7.68. The third-order valence-electron chi connectivity index (χ3n) is 4.69. The highest BCUT2D eigenvalue weighted by Gasteiger charge is 2.21. The van der Waals surface area contributed by atoms with E-state index in [1.807, 2.05) is 0 Å². The summed E-state index contributed by atoms with van der Waals surface area (Å²) in [5.41, 5.74) is 8.11. The van der Waals surface area contributed by atoms with Crippen LogP contribution < -0.4 is 16.0 Å². The van der Waals surface area contributed by atoms with Crippen molar-refractivity contribution >= 4 is 11.0 Å². The Morgan fingerprint density at radius 1 is 1.07 bits per heavy atom. The Hall–Kier alpha value is -3.59. The molecule has 9 heteroatoms. The van der Waals surface area contributed by atoms with Crippen LogP contribution >= 0.6 is 0 Å². The molecule has 2 heterocycles. The van der Waals surface area contributed by atoms with Crippen molar-refractivity contribution in [3.63, 3.8) is 0 Å². The number of fused-ring (bicyclic) bond motifs is 1. The first kappa shape index (κ1) is 19.7. The fraction of sp³-hybridized carbons (Fsp3) is 0.190. The van der Waals surface area contributed by atoms with Crippen molar-refractivity contribution in [2.45, 2.75) is 19.1 Å². The van der Waals surface area contributed by atoms with Gasteiger partial charge in [-0.3, -0.25) is 4.79 Å². The molecule has 0 fully saturated rings. The Kier molecular flexibility index (Phi) is 5.04. The molecule has 4 aromatic rings. The van der Waals surface area contributed by atoms with Crippen LogP contribution in [0.2, 0.25) is 0 Å². The molecule has 0 aliphatic heterocycles. The average Bonchev–Trinajstić information content (AvgIpc) is 3.10. The largest absolute Gasteiger partial charge is 0.484 e. The number of pyridine rings is 1. The van der Waals surface area contributed by atoms with Crippen LogP contribution in [0.5, 0.6) is 5.75 Å². The first-order valence-electron chi connectivity index (χ1n) is 9.22. The molecule has 4 rings (SSSR count). The van der Waals surface area contributed by atoms with Gasteiger partial charge in [-0.05, 0) is 42.8 Å². The summed E-state index contributed by atoms with van der Waals surface area (Å²) in [7, 11) is 1.65. The van der Waals surface area contributed by atoms with E-state index in [1.165, 1.54) is 22.8 Å². The lowest BCUT2D eigenvalue weighted by Crippen LogP contribution is -2.29. The van der Waals surface area contributed by atoms with Crippen molar-refractivity contribution in [2.24, 2.45) is 12.8 Å². The minimum Gasteiger partial charge on any atom is -0.484 e. The summed E-state index contributed by atoms with van der Waals surface area (Å²) in [6.07, 6.45) is 0.900. The number of aromatic nitrogens is 4. The molecule has 0 aliphatic carbocycles. The third kappa shape index (κ3) is 3.79. The van der Waals surface area contributed by atoms with Gasteiger partial charge in [0, 0.05) is 37.5 Å². The number of ether oxygens (including phenoxy) is 1. The van der Waals surface area contributed by atoms with Gasteiger partial charge in [-0.15, -0.1) is 5.10 Å². The smallest absolute Gasteiger partial charge is 0.250 e. The molecule has 154 valence electrons. The Bertz CT molecular complexity index is 1260. The number of hydrogen-bond acceptors (Lipinski definition) is 5. The van der Waals surface area contributed by atoms with Crippen molar-refractivity contribution in [3.8, 4) is 11.4 Å². The van der Waals surface area contributed by atoms with E-state index in [1.54, 1.807) is 49.1 Å². The molecule has 30 heavy (non-hydrogen) atoms. The van der Waals surface area contributed by atoms with Gasteiger partial charge in [-0.1, -0.05) is 5.21 Å². The number of hydrogen-bond donors (Lipinski definition) is 1. The summed E-state index contributed by atoms with van der Waals surface area (Å²) in [5, 5.41) is 8.30. The number of nitrogens with zero attached hydrogens (tertiary/aromatic N) is 4. The first-order chi connectivity index (χ1) is 14.3. The van der Waals surface area contributed by atoms with Crippen LogP contribution in [0, 0.1) is 11.6 Å². The van der Waals surface area contributed by atoms with Crippen LogP contribution in [0.15, 0.2) is 59.5 Å². The van der Waals surface area contributed by atoms with Gasteiger partial charge in [-0.25, -0.2) is 13.5 Å². The third-order valence-corrected chi connectivity index (χ3v) is 4.69. The number of nitrogens with two attached hydrogens (primary N) is 1. The Labute approximate surface area is 170 Å². The summed E-state index contributed by atoms with van der Waals surface area (Å²) in [4.78, 5) is 11.6. The van der Waals surface area contributed by atoms with Gasteiger partial charge in [0.2, 0.25) is 5.56 Å². The highest BCUT2D eigenvalue weighted by molar-refractivity contribution is 5.77. The van der Waals surface area contributed by atoms with Crippen LogP contribution in [0.3, 0.4) is 0 Å². The predicted molar refractivity (Wildman–Crippen MR) is 107 cm³/mol. The van der Waals surface area contributed by atoms with Crippen LogP contribution in [-0.2, 0) is 7.05 Å².